The standard InChI is InChI=1S/C22H26N2OS2/c1-5-7-8-17-9-11-19(12-10-17)24-15(3)13-18(16(24)4)14-20-21(25)23(6-2)22(26)27-20/h9-14H,5-8H2,1-4H3/b20-14-. The highest BCUT2D eigenvalue weighted by atomic mass is 32.2. The lowest BCUT2D eigenvalue weighted by atomic mass is 10.1. The second-order valence-corrected chi connectivity index (χ2v) is 8.53. The van der Waals surface area contributed by atoms with Gasteiger partial charge in [0.1, 0.15) is 4.32 Å². The Labute approximate surface area is 171 Å². The molecule has 1 aromatic carbocycles. The molecule has 1 saturated heterocycles. The van der Waals surface area contributed by atoms with E-state index in [1.165, 1.54) is 30.2 Å². The van der Waals surface area contributed by atoms with Gasteiger partial charge in [0.05, 0.1) is 4.91 Å². The molecule has 2 heterocycles. The van der Waals surface area contributed by atoms with Crippen LogP contribution in [0.2, 0.25) is 0 Å². The van der Waals surface area contributed by atoms with Crippen molar-refractivity contribution in [1.29, 1.82) is 0 Å². The van der Waals surface area contributed by atoms with Crippen LogP contribution in [-0.4, -0.2) is 26.2 Å². The Kier molecular flexibility index (Phi) is 6.22. The summed E-state index contributed by atoms with van der Waals surface area (Å²) in [4.78, 5) is 14.8. The zero-order chi connectivity index (χ0) is 19.6. The summed E-state index contributed by atoms with van der Waals surface area (Å²) in [5.41, 5.74) is 5.90. The highest BCUT2D eigenvalue weighted by Crippen LogP contribution is 2.33. The largest absolute Gasteiger partial charge is 0.318 e. The van der Waals surface area contributed by atoms with Gasteiger partial charge in [-0.2, -0.15) is 0 Å². The minimum atomic E-state index is 0.0116. The van der Waals surface area contributed by atoms with Crippen LogP contribution in [-0.2, 0) is 11.2 Å². The van der Waals surface area contributed by atoms with Crippen molar-refractivity contribution in [2.75, 3.05) is 6.54 Å². The van der Waals surface area contributed by atoms with Crippen molar-refractivity contribution >= 4 is 40.3 Å². The van der Waals surface area contributed by atoms with Crippen molar-refractivity contribution < 1.29 is 4.79 Å². The molecule has 0 unspecified atom stereocenters. The van der Waals surface area contributed by atoms with Gasteiger partial charge in [0.2, 0.25) is 0 Å². The van der Waals surface area contributed by atoms with Gasteiger partial charge in [0.15, 0.2) is 0 Å². The maximum absolute atomic E-state index is 12.5. The van der Waals surface area contributed by atoms with Crippen molar-refractivity contribution in [3.05, 3.63) is 57.8 Å². The van der Waals surface area contributed by atoms with Gasteiger partial charge in [-0.05, 0) is 69.0 Å². The fourth-order valence-electron chi connectivity index (χ4n) is 3.44. The third-order valence-corrected chi connectivity index (χ3v) is 6.34. The number of carbonyl (C=O) groups excluding carboxylic acids is 1. The number of amides is 1. The topological polar surface area (TPSA) is 25.2 Å². The van der Waals surface area contributed by atoms with Gasteiger partial charge in [-0.25, -0.2) is 0 Å². The first-order valence-corrected chi connectivity index (χ1v) is 10.7. The normalized spacial score (nSPS) is 16.0. The third kappa shape index (κ3) is 4.04. The van der Waals surface area contributed by atoms with Crippen LogP contribution in [0, 0.1) is 13.8 Å². The van der Waals surface area contributed by atoms with Crippen LogP contribution in [0.15, 0.2) is 35.2 Å². The first kappa shape index (κ1) is 19.9. The van der Waals surface area contributed by atoms with Crippen molar-refractivity contribution in [2.45, 2.75) is 47.0 Å². The van der Waals surface area contributed by atoms with Gasteiger partial charge >= 0.3 is 0 Å². The molecule has 1 fully saturated rings. The number of aromatic nitrogens is 1. The molecule has 3 rings (SSSR count). The zero-order valence-electron chi connectivity index (χ0n) is 16.4. The molecule has 5 heteroatoms. The van der Waals surface area contributed by atoms with Crippen molar-refractivity contribution in [2.24, 2.45) is 0 Å². The van der Waals surface area contributed by atoms with Crippen molar-refractivity contribution in [1.82, 2.24) is 9.47 Å². The van der Waals surface area contributed by atoms with E-state index in [9.17, 15) is 4.79 Å². The number of likely N-dealkylation sites (N-methyl/N-ethyl adjacent to an activating group) is 1. The van der Waals surface area contributed by atoms with E-state index in [1.54, 1.807) is 4.90 Å². The fraction of sp³-hybridized carbons (Fsp3) is 0.364. The first-order chi connectivity index (χ1) is 13.0. The molecule has 0 bridgehead atoms. The Bertz CT molecular complexity index is 894. The summed E-state index contributed by atoms with van der Waals surface area (Å²) >= 11 is 6.70. The van der Waals surface area contributed by atoms with Crippen LogP contribution in [0.25, 0.3) is 11.8 Å². The molecule has 142 valence electrons. The van der Waals surface area contributed by atoms with Crippen LogP contribution < -0.4 is 0 Å². The van der Waals surface area contributed by atoms with E-state index in [0.717, 1.165) is 29.1 Å². The van der Waals surface area contributed by atoms with E-state index in [-0.39, 0.29) is 5.91 Å². The summed E-state index contributed by atoms with van der Waals surface area (Å²) in [6, 6.07) is 10.9. The average Bonchev–Trinajstić information content (AvgIpc) is 3.08. The molecule has 1 aliphatic heterocycles. The predicted octanol–water partition coefficient (Wildman–Crippen LogP) is 5.66. The van der Waals surface area contributed by atoms with Gasteiger partial charge < -0.3 is 4.57 Å². The van der Waals surface area contributed by atoms with Gasteiger partial charge in [0.25, 0.3) is 5.91 Å². The molecule has 0 spiro atoms. The van der Waals surface area contributed by atoms with E-state index in [4.69, 9.17) is 12.2 Å². The number of carbonyl (C=O) groups is 1. The molecule has 27 heavy (non-hydrogen) atoms. The average molecular weight is 399 g/mol. The maximum atomic E-state index is 12.5. The number of aryl methyl sites for hydroxylation is 2. The molecule has 1 amide bonds. The number of hydrogen-bond acceptors (Lipinski definition) is 3. The van der Waals surface area contributed by atoms with Crippen molar-refractivity contribution in [3.8, 4) is 5.69 Å². The molecule has 2 aromatic rings. The lowest BCUT2D eigenvalue weighted by Gasteiger charge is -2.11. The van der Waals surface area contributed by atoms with E-state index in [1.807, 2.05) is 13.0 Å². The smallest absolute Gasteiger partial charge is 0.266 e. The van der Waals surface area contributed by atoms with Crippen LogP contribution >= 0.6 is 24.0 Å². The second-order valence-electron chi connectivity index (χ2n) is 6.86. The van der Waals surface area contributed by atoms with E-state index >= 15 is 0 Å². The number of hydrogen-bond donors (Lipinski definition) is 0. The minimum Gasteiger partial charge on any atom is -0.318 e. The lowest BCUT2D eigenvalue weighted by Crippen LogP contribution is -2.27. The summed E-state index contributed by atoms with van der Waals surface area (Å²) in [6.45, 7) is 8.99. The number of thioether (sulfide) groups is 1. The van der Waals surface area contributed by atoms with Gasteiger partial charge in [-0.15, -0.1) is 0 Å². The summed E-state index contributed by atoms with van der Waals surface area (Å²) < 4.78 is 2.89. The second kappa shape index (κ2) is 8.44. The highest BCUT2D eigenvalue weighted by Gasteiger charge is 2.30. The van der Waals surface area contributed by atoms with Crippen molar-refractivity contribution in [3.63, 3.8) is 0 Å². The summed E-state index contributed by atoms with van der Waals surface area (Å²) in [6.07, 6.45) is 5.54. The molecule has 0 N–H and O–H groups in total. The molecular formula is C22H26N2OS2. The number of benzene rings is 1. The van der Waals surface area contributed by atoms with Crippen LogP contribution in [0.5, 0.6) is 0 Å². The Morgan fingerprint density at radius 3 is 2.44 bits per heavy atom. The zero-order valence-corrected chi connectivity index (χ0v) is 18.0. The maximum Gasteiger partial charge on any atom is 0.266 e. The Morgan fingerprint density at radius 1 is 1.15 bits per heavy atom. The fourth-order valence-corrected chi connectivity index (χ4v) is 4.81. The third-order valence-electron chi connectivity index (χ3n) is 4.96. The van der Waals surface area contributed by atoms with Crippen LogP contribution in [0.3, 0.4) is 0 Å². The molecular weight excluding hydrogens is 372 g/mol. The molecule has 0 radical (unpaired) electrons. The Hall–Kier alpha value is -1.85. The Balaban J connectivity index is 1.90. The molecule has 0 aliphatic carbocycles. The Morgan fingerprint density at radius 2 is 1.85 bits per heavy atom. The first-order valence-electron chi connectivity index (χ1n) is 9.49. The van der Waals surface area contributed by atoms with E-state index in [0.29, 0.717) is 15.8 Å². The monoisotopic (exact) mass is 398 g/mol. The van der Waals surface area contributed by atoms with Crippen LogP contribution in [0.1, 0.15) is 49.2 Å². The minimum absolute atomic E-state index is 0.0116. The van der Waals surface area contributed by atoms with E-state index < -0.39 is 0 Å². The summed E-state index contributed by atoms with van der Waals surface area (Å²) in [7, 11) is 0. The molecule has 1 aromatic heterocycles. The van der Waals surface area contributed by atoms with Gasteiger partial charge in [-0.3, -0.25) is 9.69 Å². The summed E-state index contributed by atoms with van der Waals surface area (Å²) in [5, 5.41) is 0. The molecule has 3 nitrogen and oxygen atoms in total. The number of nitrogens with zero attached hydrogens (tertiary/aromatic N) is 2. The number of thiocarbonyl (C=S) groups is 1. The number of rotatable bonds is 6. The quantitative estimate of drug-likeness (QED) is 0.464. The molecule has 0 atom stereocenters. The van der Waals surface area contributed by atoms with Gasteiger partial charge in [0, 0.05) is 23.6 Å². The number of unbranched alkanes of at least 4 members (excludes halogenated alkanes) is 1. The molecule has 0 saturated carbocycles. The predicted molar refractivity (Wildman–Crippen MR) is 119 cm³/mol. The lowest BCUT2D eigenvalue weighted by molar-refractivity contribution is -0.121. The van der Waals surface area contributed by atoms with Crippen LogP contribution in [0.4, 0.5) is 0 Å². The summed E-state index contributed by atoms with van der Waals surface area (Å²) in [5.74, 6) is 0.0116. The van der Waals surface area contributed by atoms with E-state index in [2.05, 4.69) is 55.7 Å². The SMILES string of the molecule is CCCCc1ccc(-n2c(C)cc(/C=C3\SC(=S)N(CC)C3=O)c2C)cc1. The molecule has 1 aliphatic rings. The van der Waals surface area contributed by atoms with Gasteiger partial charge in [-0.1, -0.05) is 49.5 Å². The highest BCUT2D eigenvalue weighted by molar-refractivity contribution is 8.26.